The van der Waals surface area contributed by atoms with Crippen LogP contribution in [0, 0.1) is 0 Å². The molecule has 1 heterocycles. The van der Waals surface area contributed by atoms with Gasteiger partial charge in [0.05, 0.1) is 7.11 Å². The van der Waals surface area contributed by atoms with Crippen LogP contribution in [-0.2, 0) is 0 Å². The average Bonchev–Trinajstić information content (AvgIpc) is 2.63. The predicted molar refractivity (Wildman–Crippen MR) is 57.6 cm³/mol. The van der Waals surface area contributed by atoms with Crippen molar-refractivity contribution in [3.05, 3.63) is 5.28 Å². The first-order chi connectivity index (χ1) is 7.67. The van der Waals surface area contributed by atoms with E-state index in [1.54, 1.807) is 0 Å². The maximum atomic E-state index is 5.78. The number of hydrogen-bond acceptors (Lipinski definition) is 6. The number of hydrogen-bond donors (Lipinski definition) is 1. The van der Waals surface area contributed by atoms with Crippen LogP contribution in [0.25, 0.3) is 0 Å². The van der Waals surface area contributed by atoms with Gasteiger partial charge in [-0.3, -0.25) is 0 Å². The molecular formula is C9H13ClN4O2. The first-order valence-electron chi connectivity index (χ1n) is 5.05. The van der Waals surface area contributed by atoms with E-state index in [1.807, 2.05) is 0 Å². The number of nitrogens with zero attached hydrogens (tertiary/aromatic N) is 3. The van der Waals surface area contributed by atoms with Gasteiger partial charge in [0.15, 0.2) is 0 Å². The molecule has 0 bridgehead atoms. The average molecular weight is 245 g/mol. The molecule has 2 N–H and O–H groups in total. The van der Waals surface area contributed by atoms with E-state index in [1.165, 1.54) is 7.11 Å². The van der Waals surface area contributed by atoms with Gasteiger partial charge in [-0.2, -0.15) is 9.97 Å². The zero-order valence-corrected chi connectivity index (χ0v) is 9.65. The maximum absolute atomic E-state index is 5.78. The van der Waals surface area contributed by atoms with E-state index in [9.17, 15) is 0 Å². The minimum Gasteiger partial charge on any atom is -0.467 e. The molecule has 0 radical (unpaired) electrons. The Morgan fingerprint density at radius 1 is 1.25 bits per heavy atom. The topological polar surface area (TPSA) is 83.2 Å². The van der Waals surface area contributed by atoms with Crippen LogP contribution >= 0.6 is 11.6 Å². The van der Waals surface area contributed by atoms with Crippen LogP contribution in [0.4, 0.5) is 0 Å². The van der Waals surface area contributed by atoms with E-state index in [2.05, 4.69) is 15.0 Å². The third kappa shape index (κ3) is 2.70. The van der Waals surface area contributed by atoms with E-state index in [0.29, 0.717) is 0 Å². The van der Waals surface area contributed by atoms with Gasteiger partial charge >= 0.3 is 12.0 Å². The number of aromatic nitrogens is 3. The highest BCUT2D eigenvalue weighted by Gasteiger charge is 2.24. The molecule has 0 spiro atoms. The summed E-state index contributed by atoms with van der Waals surface area (Å²) in [6.45, 7) is 0. The summed E-state index contributed by atoms with van der Waals surface area (Å²) < 4.78 is 10.4. The molecule has 0 amide bonds. The van der Waals surface area contributed by atoms with Gasteiger partial charge in [-0.05, 0) is 30.9 Å². The molecule has 16 heavy (non-hydrogen) atoms. The molecule has 0 saturated heterocycles. The van der Waals surface area contributed by atoms with Gasteiger partial charge in [-0.25, -0.2) is 0 Å². The summed E-state index contributed by atoms with van der Waals surface area (Å²) in [6.07, 6.45) is 2.73. The van der Waals surface area contributed by atoms with E-state index in [-0.39, 0.29) is 29.5 Å². The lowest BCUT2D eigenvalue weighted by Crippen LogP contribution is -2.20. The van der Waals surface area contributed by atoms with Gasteiger partial charge in [0.1, 0.15) is 6.10 Å². The van der Waals surface area contributed by atoms with Crippen molar-refractivity contribution >= 4 is 11.6 Å². The van der Waals surface area contributed by atoms with Crippen molar-refractivity contribution < 1.29 is 9.47 Å². The number of ether oxygens (including phenoxy) is 2. The standard InChI is InChI=1S/C9H13ClN4O2/c1-15-8-12-7(10)13-9(14-8)16-6-3-2-5(11)4-6/h5-6H,2-4,11H2,1H3. The molecule has 2 atom stereocenters. The lowest BCUT2D eigenvalue weighted by Gasteiger charge is -2.11. The SMILES string of the molecule is COc1nc(Cl)nc(OC2CCC(N)C2)n1. The van der Waals surface area contributed by atoms with Crippen molar-refractivity contribution in [3.8, 4) is 12.0 Å². The van der Waals surface area contributed by atoms with Crippen LogP contribution in [0.3, 0.4) is 0 Å². The summed E-state index contributed by atoms with van der Waals surface area (Å²) in [5.74, 6) is 0. The van der Waals surface area contributed by atoms with E-state index >= 15 is 0 Å². The third-order valence-electron chi connectivity index (χ3n) is 2.45. The largest absolute Gasteiger partial charge is 0.467 e. The Hall–Kier alpha value is -1.14. The van der Waals surface area contributed by atoms with Crippen molar-refractivity contribution in [1.82, 2.24) is 15.0 Å². The Balaban J connectivity index is 2.06. The highest BCUT2D eigenvalue weighted by Crippen LogP contribution is 2.22. The van der Waals surface area contributed by atoms with Gasteiger partial charge in [0.2, 0.25) is 5.28 Å². The van der Waals surface area contributed by atoms with Crippen LogP contribution < -0.4 is 15.2 Å². The fourth-order valence-corrected chi connectivity index (χ4v) is 1.83. The summed E-state index contributed by atoms with van der Waals surface area (Å²) in [7, 11) is 1.46. The summed E-state index contributed by atoms with van der Waals surface area (Å²) in [5.41, 5.74) is 5.78. The molecule has 1 aromatic heterocycles. The molecule has 6 nitrogen and oxygen atoms in total. The third-order valence-corrected chi connectivity index (χ3v) is 2.62. The maximum Gasteiger partial charge on any atom is 0.324 e. The monoisotopic (exact) mass is 244 g/mol. The first kappa shape index (κ1) is 11.3. The lowest BCUT2D eigenvalue weighted by molar-refractivity contribution is 0.187. The predicted octanol–water partition coefficient (Wildman–Crippen LogP) is 0.792. The lowest BCUT2D eigenvalue weighted by atomic mass is 10.3. The summed E-state index contributed by atoms with van der Waals surface area (Å²) >= 11 is 5.70. The molecule has 1 aliphatic carbocycles. The van der Waals surface area contributed by atoms with Crippen molar-refractivity contribution in [1.29, 1.82) is 0 Å². The smallest absolute Gasteiger partial charge is 0.324 e. The Morgan fingerprint density at radius 2 is 2.00 bits per heavy atom. The normalized spacial score (nSPS) is 24.4. The molecule has 88 valence electrons. The quantitative estimate of drug-likeness (QED) is 0.847. The number of methoxy groups -OCH3 is 1. The molecular weight excluding hydrogens is 232 g/mol. The van der Waals surface area contributed by atoms with E-state index in [0.717, 1.165) is 19.3 Å². The van der Waals surface area contributed by atoms with Crippen LogP contribution in [0.5, 0.6) is 12.0 Å². The van der Waals surface area contributed by atoms with Gasteiger partial charge in [-0.15, -0.1) is 4.98 Å². The number of rotatable bonds is 3. The van der Waals surface area contributed by atoms with E-state index < -0.39 is 0 Å². The Labute approximate surface area is 98.1 Å². The van der Waals surface area contributed by atoms with Crippen molar-refractivity contribution in [2.45, 2.75) is 31.4 Å². The van der Waals surface area contributed by atoms with Crippen LogP contribution in [0.1, 0.15) is 19.3 Å². The Bertz CT molecular complexity index is 377. The Morgan fingerprint density at radius 3 is 2.62 bits per heavy atom. The van der Waals surface area contributed by atoms with Crippen molar-refractivity contribution in [3.63, 3.8) is 0 Å². The van der Waals surface area contributed by atoms with Crippen molar-refractivity contribution in [2.24, 2.45) is 5.73 Å². The van der Waals surface area contributed by atoms with Crippen molar-refractivity contribution in [2.75, 3.05) is 7.11 Å². The number of halogens is 1. The van der Waals surface area contributed by atoms with Gasteiger partial charge < -0.3 is 15.2 Å². The molecule has 7 heteroatoms. The minimum atomic E-state index is 0.0539. The zero-order chi connectivity index (χ0) is 11.5. The summed E-state index contributed by atoms with van der Waals surface area (Å²) in [6, 6.07) is 0.539. The summed E-state index contributed by atoms with van der Waals surface area (Å²) in [5, 5.41) is 0.0594. The second-order valence-corrected chi connectivity index (χ2v) is 4.02. The summed E-state index contributed by atoms with van der Waals surface area (Å²) in [4.78, 5) is 11.6. The molecule has 1 fully saturated rings. The van der Waals surface area contributed by atoms with Crippen LogP contribution in [0.2, 0.25) is 5.28 Å². The zero-order valence-electron chi connectivity index (χ0n) is 8.89. The highest BCUT2D eigenvalue weighted by atomic mass is 35.5. The van der Waals surface area contributed by atoms with E-state index in [4.69, 9.17) is 26.8 Å². The fraction of sp³-hybridized carbons (Fsp3) is 0.667. The molecule has 1 aliphatic rings. The molecule has 0 aromatic carbocycles. The second-order valence-electron chi connectivity index (χ2n) is 3.69. The highest BCUT2D eigenvalue weighted by molar-refractivity contribution is 6.28. The van der Waals surface area contributed by atoms with Gasteiger partial charge in [0.25, 0.3) is 0 Å². The second kappa shape index (κ2) is 4.80. The first-order valence-corrected chi connectivity index (χ1v) is 5.43. The molecule has 1 aromatic rings. The molecule has 2 unspecified atom stereocenters. The molecule has 1 saturated carbocycles. The number of nitrogens with two attached hydrogens (primary N) is 1. The molecule has 2 rings (SSSR count). The Kier molecular flexibility index (Phi) is 3.40. The fourth-order valence-electron chi connectivity index (χ4n) is 1.69. The minimum absolute atomic E-state index is 0.0539. The molecule has 0 aliphatic heterocycles. The van der Waals surface area contributed by atoms with Gasteiger partial charge in [0, 0.05) is 6.04 Å². The van der Waals surface area contributed by atoms with Crippen LogP contribution in [-0.4, -0.2) is 34.2 Å². The van der Waals surface area contributed by atoms with Gasteiger partial charge in [-0.1, -0.05) is 0 Å². The van der Waals surface area contributed by atoms with Crippen LogP contribution in [0.15, 0.2) is 0 Å².